The minimum Gasteiger partial charge on any atom is -0.386 e. The molecule has 0 bridgehead atoms. The van der Waals surface area contributed by atoms with Crippen molar-refractivity contribution in [3.05, 3.63) is 36.1 Å². The summed E-state index contributed by atoms with van der Waals surface area (Å²) >= 11 is 0. The van der Waals surface area contributed by atoms with Gasteiger partial charge >= 0.3 is 0 Å². The Balaban J connectivity index is 0.000000600. The van der Waals surface area contributed by atoms with Crippen molar-refractivity contribution in [2.24, 2.45) is 23.7 Å². The molecule has 3 amide bonds. The molecular weight excluding hydrogens is 777 g/mol. The largest absolute Gasteiger partial charge is 0.386 e. The summed E-state index contributed by atoms with van der Waals surface area (Å²) in [6.07, 6.45) is 4.64. The molecule has 2 rings (SSSR count). The lowest BCUT2D eigenvalue weighted by Gasteiger charge is -2.12. The quantitative estimate of drug-likeness (QED) is 0.0734. The van der Waals surface area contributed by atoms with Crippen molar-refractivity contribution in [3.8, 4) is 0 Å². The number of hydrogen-bond donors (Lipinski definition) is 4. The van der Waals surface area contributed by atoms with Crippen molar-refractivity contribution < 1.29 is 42.8 Å². The smallest absolute Gasteiger partial charge is 0.222 e. The molecule has 2 aromatic rings. The van der Waals surface area contributed by atoms with E-state index in [0.29, 0.717) is 143 Å². The molecule has 19 nitrogen and oxygen atoms in total. The molecule has 0 radical (unpaired) electrons. The Hall–Kier alpha value is -4.01. The van der Waals surface area contributed by atoms with Crippen LogP contribution in [0.25, 0.3) is 0 Å². The second-order valence-corrected chi connectivity index (χ2v) is 15.4. The van der Waals surface area contributed by atoms with E-state index >= 15 is 0 Å². The van der Waals surface area contributed by atoms with Crippen LogP contribution >= 0.6 is 0 Å². The van der Waals surface area contributed by atoms with Gasteiger partial charge < -0.3 is 49.7 Å². The maximum Gasteiger partial charge on any atom is 0.222 e. The molecule has 0 aliphatic heterocycles. The Morgan fingerprint density at radius 3 is 1.27 bits per heavy atom. The Kier molecular flexibility index (Phi) is 31.2. The van der Waals surface area contributed by atoms with Crippen molar-refractivity contribution in [2.45, 2.75) is 94.4 Å². The lowest BCUT2D eigenvalue weighted by atomic mass is 10.1. The molecular formula is C41H76N10O9. The normalized spacial score (nSPS) is 11.3. The van der Waals surface area contributed by atoms with Crippen LogP contribution in [0.3, 0.4) is 0 Å². The number of ether oxygens (including phenoxy) is 6. The van der Waals surface area contributed by atoms with Crippen LogP contribution in [0.2, 0.25) is 0 Å². The molecule has 19 heteroatoms. The minimum absolute atomic E-state index is 0.0119. The van der Waals surface area contributed by atoms with Gasteiger partial charge in [-0.05, 0) is 17.8 Å². The van der Waals surface area contributed by atoms with Gasteiger partial charge in [-0.25, -0.2) is 9.36 Å². The summed E-state index contributed by atoms with van der Waals surface area (Å²) < 4.78 is 36.2. The van der Waals surface area contributed by atoms with Crippen LogP contribution in [0.5, 0.6) is 0 Å². The summed E-state index contributed by atoms with van der Waals surface area (Å²) in [5.74, 6) is 1.17. The topological polar surface area (TPSA) is 216 Å². The zero-order valence-corrected chi connectivity index (χ0v) is 37.7. The third kappa shape index (κ3) is 30.9. The highest BCUT2D eigenvalue weighted by Crippen LogP contribution is 2.02. The van der Waals surface area contributed by atoms with Crippen molar-refractivity contribution in [3.63, 3.8) is 0 Å². The van der Waals surface area contributed by atoms with Gasteiger partial charge in [0.2, 0.25) is 17.7 Å². The number of carbonyl (C=O) groups is 3. The maximum atomic E-state index is 11.7. The van der Waals surface area contributed by atoms with E-state index in [1.165, 1.54) is 0 Å². The molecule has 0 spiro atoms. The van der Waals surface area contributed by atoms with Gasteiger partial charge in [-0.15, -0.1) is 10.2 Å². The zero-order valence-electron chi connectivity index (χ0n) is 37.7. The summed E-state index contributed by atoms with van der Waals surface area (Å²) in [4.78, 5) is 34.6. The number of aromatic nitrogens is 6. The molecule has 0 atom stereocenters. The lowest BCUT2D eigenvalue weighted by molar-refractivity contribution is -0.124. The summed E-state index contributed by atoms with van der Waals surface area (Å²) in [7, 11) is 0. The first-order valence-corrected chi connectivity index (χ1v) is 21.2. The Morgan fingerprint density at radius 1 is 0.533 bits per heavy atom. The summed E-state index contributed by atoms with van der Waals surface area (Å²) in [5.41, 5.74) is 2.49. The number of rotatable bonds is 35. The van der Waals surface area contributed by atoms with Gasteiger partial charge in [0.25, 0.3) is 0 Å². The van der Waals surface area contributed by atoms with Crippen molar-refractivity contribution in [1.29, 1.82) is 0 Å². The van der Waals surface area contributed by atoms with Gasteiger partial charge in [-0.1, -0.05) is 72.4 Å². The second-order valence-electron chi connectivity index (χ2n) is 15.4. The summed E-state index contributed by atoms with van der Waals surface area (Å²) in [5, 5.41) is 27.8. The molecule has 0 unspecified atom stereocenters. The zero-order chi connectivity index (χ0) is 44.4. The average Bonchev–Trinajstić information content (AvgIpc) is 3.86. The lowest BCUT2D eigenvalue weighted by Crippen LogP contribution is -2.31. The number of carbonyl (C=O) groups excluding carboxylic acids is 3. The molecule has 0 aromatic carbocycles. The second kappa shape index (κ2) is 34.7. The molecule has 2 aromatic heterocycles. The van der Waals surface area contributed by atoms with Crippen molar-refractivity contribution in [2.75, 3.05) is 92.4 Å². The minimum atomic E-state index is -0.0119. The van der Waals surface area contributed by atoms with E-state index in [-0.39, 0.29) is 23.6 Å². The van der Waals surface area contributed by atoms with E-state index in [1.807, 2.05) is 47.7 Å². The van der Waals surface area contributed by atoms with Gasteiger partial charge in [0.05, 0.1) is 118 Å². The maximum absolute atomic E-state index is 11.7. The van der Waals surface area contributed by atoms with Crippen LogP contribution in [0.1, 0.15) is 79.6 Å². The van der Waals surface area contributed by atoms with E-state index in [2.05, 4.69) is 62.3 Å². The molecule has 2 heterocycles. The molecule has 60 heavy (non-hydrogen) atoms. The number of hydrogen-bond acceptors (Lipinski definition) is 14. The van der Waals surface area contributed by atoms with Gasteiger partial charge in [-0.2, -0.15) is 0 Å². The van der Waals surface area contributed by atoms with E-state index in [4.69, 9.17) is 28.4 Å². The Labute approximate surface area is 357 Å². The van der Waals surface area contributed by atoms with Crippen molar-refractivity contribution >= 4 is 17.7 Å². The Morgan fingerprint density at radius 2 is 0.900 bits per heavy atom. The van der Waals surface area contributed by atoms with Crippen LogP contribution in [0, 0.1) is 23.7 Å². The first-order chi connectivity index (χ1) is 28.8. The van der Waals surface area contributed by atoms with Gasteiger partial charge in [0, 0.05) is 37.5 Å². The summed E-state index contributed by atoms with van der Waals surface area (Å²) in [6, 6.07) is 0. The first-order valence-electron chi connectivity index (χ1n) is 21.2. The molecule has 0 aliphatic rings. The van der Waals surface area contributed by atoms with E-state index in [1.54, 1.807) is 15.6 Å². The molecule has 0 saturated carbocycles. The monoisotopic (exact) mass is 853 g/mol. The third-order valence-electron chi connectivity index (χ3n) is 8.08. The predicted octanol–water partition coefficient (Wildman–Crippen LogP) is 2.51. The Bertz CT molecular complexity index is 1310. The summed E-state index contributed by atoms with van der Waals surface area (Å²) in [6.45, 7) is 29.3. The molecule has 0 aliphatic carbocycles. The number of amides is 3. The van der Waals surface area contributed by atoms with E-state index in [0.717, 1.165) is 23.6 Å². The van der Waals surface area contributed by atoms with Crippen molar-refractivity contribution in [1.82, 2.24) is 51.3 Å². The molecule has 0 saturated heterocycles. The van der Waals surface area contributed by atoms with Crippen LogP contribution in [0.4, 0.5) is 0 Å². The molecule has 4 N–H and O–H groups in total. The fourth-order valence-corrected chi connectivity index (χ4v) is 4.66. The number of nitrogens with zero attached hydrogens (tertiary/aromatic N) is 6. The van der Waals surface area contributed by atoms with Crippen LogP contribution in [0.15, 0.2) is 24.7 Å². The predicted molar refractivity (Wildman–Crippen MR) is 227 cm³/mol. The van der Waals surface area contributed by atoms with Gasteiger partial charge in [0.1, 0.15) is 11.4 Å². The van der Waals surface area contributed by atoms with Crippen LogP contribution < -0.4 is 21.3 Å². The number of allylic oxidation sites excluding steroid dienone is 1. The first kappa shape index (κ1) is 54.0. The standard InChI is InChI=1S/C21H39N5O4.C20H37N5O5/c1-17(2)14-21(27)23-15-20-16-26(25-24-20)7-9-29-11-13-30-12-10-28-8-6-22-19(5)18(3)4;1-16(2)13-19(26)22-14-18-15-25(24-23-18)6-8-29-10-12-30-11-9-28-7-5-21-20(27)17(3)4/h16-18,22H,5-15H2,1-4H3,(H,23,27);15-17H,5-14H2,1-4H3,(H,21,27)(H,22,26). The number of nitrogens with one attached hydrogen (secondary N) is 4. The van der Waals surface area contributed by atoms with Crippen LogP contribution in [-0.2, 0) is 69.0 Å². The van der Waals surface area contributed by atoms with Crippen LogP contribution in [-0.4, -0.2) is 140 Å². The fraction of sp³-hybridized carbons (Fsp3) is 0.780. The average molecular weight is 853 g/mol. The highest BCUT2D eigenvalue weighted by Gasteiger charge is 2.09. The highest BCUT2D eigenvalue weighted by molar-refractivity contribution is 5.77. The molecule has 344 valence electrons. The fourth-order valence-electron chi connectivity index (χ4n) is 4.66. The third-order valence-corrected chi connectivity index (χ3v) is 8.08. The van der Waals surface area contributed by atoms with Gasteiger partial charge in [0.15, 0.2) is 0 Å². The van der Waals surface area contributed by atoms with E-state index < -0.39 is 0 Å². The SMILES string of the molecule is C=C(NCCOCCOCCOCCn1cc(CNC(=O)CC(C)C)nn1)C(C)C.CC(C)CC(=O)NCc1cn(CCOCCOCCOCCNC(=O)C(C)C)nn1. The highest BCUT2D eigenvalue weighted by atomic mass is 16.5. The van der Waals surface area contributed by atoms with Gasteiger partial charge in [-0.3, -0.25) is 14.4 Å². The van der Waals surface area contributed by atoms with E-state index in [9.17, 15) is 14.4 Å². The molecule has 0 fully saturated rings.